The van der Waals surface area contributed by atoms with Crippen LogP contribution in [0.25, 0.3) is 0 Å². The number of nitrogens with one attached hydrogen (secondary N) is 1. The van der Waals surface area contributed by atoms with Gasteiger partial charge in [-0.25, -0.2) is 8.78 Å². The van der Waals surface area contributed by atoms with Crippen LogP contribution >= 0.6 is 0 Å². The summed E-state index contributed by atoms with van der Waals surface area (Å²) in [4.78, 5) is 34.4. The number of hydrogen-bond donors (Lipinski definition) is 2. The molecule has 3 aliphatic heterocycles. The van der Waals surface area contributed by atoms with Crippen LogP contribution in [0.4, 0.5) is 8.78 Å². The number of fused-ring (bicyclic) bond motifs is 5. The van der Waals surface area contributed by atoms with Gasteiger partial charge in [0, 0.05) is 46.2 Å². The van der Waals surface area contributed by atoms with Crippen molar-refractivity contribution in [3.8, 4) is 5.75 Å². The zero-order chi connectivity index (χ0) is 33.3. The number of benzene rings is 1. The smallest absolute Gasteiger partial charge is 0.257 e. The van der Waals surface area contributed by atoms with Crippen LogP contribution in [0.15, 0.2) is 59.2 Å². The molecule has 5 rings (SSSR count). The molecule has 3 aliphatic rings. The van der Waals surface area contributed by atoms with Gasteiger partial charge in [-0.3, -0.25) is 14.5 Å². The number of unbranched alkanes of at least 4 members (excludes halogenated alkanes) is 2. The van der Waals surface area contributed by atoms with Crippen molar-refractivity contribution in [2.24, 2.45) is 5.16 Å². The van der Waals surface area contributed by atoms with Crippen LogP contribution in [0.5, 0.6) is 5.75 Å². The van der Waals surface area contributed by atoms with Gasteiger partial charge in [-0.05, 0) is 45.1 Å². The van der Waals surface area contributed by atoms with Crippen LogP contribution in [-0.4, -0.2) is 51.1 Å². The summed E-state index contributed by atoms with van der Waals surface area (Å²) in [6.45, 7) is 10.4. The summed E-state index contributed by atoms with van der Waals surface area (Å²) in [5.74, 6) is -2.90. The lowest BCUT2D eigenvalue weighted by Crippen LogP contribution is -2.47. The van der Waals surface area contributed by atoms with E-state index >= 15 is 0 Å². The van der Waals surface area contributed by atoms with Crippen molar-refractivity contribution in [3.63, 3.8) is 0 Å². The zero-order valence-electron chi connectivity index (χ0n) is 27.1. The van der Waals surface area contributed by atoms with E-state index in [1.165, 1.54) is 31.5 Å². The summed E-state index contributed by atoms with van der Waals surface area (Å²) in [7, 11) is 0. The molecular weight excluding hydrogens is 594 g/mol. The number of aromatic hydroxyl groups is 1. The molecule has 0 aliphatic carbocycles. The molecule has 1 aromatic heterocycles. The number of hydrogen-bond acceptors (Lipinski definition) is 7. The van der Waals surface area contributed by atoms with Gasteiger partial charge in [0.05, 0.1) is 30.8 Å². The molecule has 0 radical (unpaired) electrons. The van der Waals surface area contributed by atoms with E-state index in [1.807, 2.05) is 13.0 Å². The number of oxime groups is 1. The SMILES string of the molecule is C=CC/C=C\CCCC.CC[C@H]1CC[C@]2(CC(C)=NO2)C2CN1COCc1c(O)c(=O)c(C(=O)NCc3ccc(F)cc3F)cn12.[HH].[HH]. The number of aromatic nitrogens is 1. The Kier molecular flexibility index (Phi) is 12.3. The molecule has 0 saturated carbocycles. The summed E-state index contributed by atoms with van der Waals surface area (Å²) >= 11 is 0. The van der Waals surface area contributed by atoms with E-state index in [9.17, 15) is 23.5 Å². The van der Waals surface area contributed by atoms with Crippen LogP contribution in [0.2, 0.25) is 0 Å². The molecule has 1 spiro atoms. The molecule has 9 nitrogen and oxygen atoms in total. The fourth-order valence-electron chi connectivity index (χ4n) is 6.31. The molecule has 254 valence electrons. The highest BCUT2D eigenvalue weighted by molar-refractivity contribution is 5.94. The standard InChI is InChI=1S/C26H30F2N4O5.C9H16.2H2/c1-3-18-6-7-26(9-15(2)30-37-26)22-12-31(18)14-36-13-21-24(34)23(33)19(11-32(21)22)25(35)29-10-16-4-5-17(27)8-20(16)28;1-3-5-7-9-8-6-4-2;;/h4-5,8,11,18,22,34H,3,6-7,9-10,12-14H2,1-2H3,(H,29,35);3,7,9H,1,4-6,8H2,2H3;2*1H/b;9-7-;;/t18-,22?,26-;;;/m0.../s1. The normalized spacial score (nSPS) is 23.7. The highest BCUT2D eigenvalue weighted by atomic mass is 19.1. The first-order valence-electron chi connectivity index (χ1n) is 16.1. The highest BCUT2D eigenvalue weighted by Crippen LogP contribution is 2.44. The second-order valence-electron chi connectivity index (χ2n) is 12.2. The maximum Gasteiger partial charge on any atom is 0.257 e. The topological polar surface area (TPSA) is 105 Å². The second kappa shape index (κ2) is 16.1. The molecule has 2 unspecified atom stereocenters. The minimum Gasteiger partial charge on any atom is -0.503 e. The molecule has 1 amide bonds. The van der Waals surface area contributed by atoms with Crippen LogP contribution in [-0.2, 0) is 22.7 Å². The summed E-state index contributed by atoms with van der Waals surface area (Å²) in [5.41, 5.74) is -0.666. The third-order valence-corrected chi connectivity index (χ3v) is 8.88. The summed E-state index contributed by atoms with van der Waals surface area (Å²) < 4.78 is 34.9. The van der Waals surface area contributed by atoms with Crippen LogP contribution in [0.1, 0.15) is 103 Å². The lowest BCUT2D eigenvalue weighted by atomic mass is 9.84. The number of halogens is 2. The lowest BCUT2D eigenvalue weighted by molar-refractivity contribution is -0.0790. The van der Waals surface area contributed by atoms with Crippen molar-refractivity contribution in [2.75, 3.05) is 13.3 Å². The van der Waals surface area contributed by atoms with Gasteiger partial charge >= 0.3 is 0 Å². The first-order chi connectivity index (χ1) is 22.1. The molecule has 1 fully saturated rings. The largest absolute Gasteiger partial charge is 0.503 e. The number of nitrogens with zero attached hydrogens (tertiary/aromatic N) is 3. The second-order valence-corrected chi connectivity index (χ2v) is 12.2. The molecule has 1 saturated heterocycles. The first-order valence-corrected chi connectivity index (χ1v) is 16.1. The number of amides is 1. The molecule has 2 bridgehead atoms. The first kappa shape index (κ1) is 35.0. The maximum atomic E-state index is 14.1. The van der Waals surface area contributed by atoms with Gasteiger partial charge in [-0.2, -0.15) is 0 Å². The van der Waals surface area contributed by atoms with Gasteiger partial charge in [0.15, 0.2) is 11.4 Å². The number of ether oxygens (including phenoxy) is 1. The van der Waals surface area contributed by atoms with E-state index in [2.05, 4.69) is 48.0 Å². The fraction of sp³-hybridized carbons (Fsp3) is 0.514. The van der Waals surface area contributed by atoms with E-state index in [-0.39, 0.29) is 44.9 Å². The van der Waals surface area contributed by atoms with Gasteiger partial charge in [0.1, 0.15) is 17.2 Å². The average molecular weight is 645 g/mol. The number of pyridine rings is 1. The number of carbonyl (C=O) groups excluding carboxylic acids is 1. The van der Waals surface area contributed by atoms with E-state index < -0.39 is 34.3 Å². The van der Waals surface area contributed by atoms with Crippen molar-refractivity contribution >= 4 is 11.6 Å². The fourth-order valence-corrected chi connectivity index (χ4v) is 6.31. The molecule has 4 atom stereocenters. The van der Waals surface area contributed by atoms with Crippen molar-refractivity contribution in [1.82, 2.24) is 14.8 Å². The summed E-state index contributed by atoms with van der Waals surface area (Å²) in [6.07, 6.45) is 15.7. The van der Waals surface area contributed by atoms with Gasteiger partial charge in [0.25, 0.3) is 5.91 Å². The van der Waals surface area contributed by atoms with Crippen LogP contribution in [0.3, 0.4) is 0 Å². The molecule has 46 heavy (non-hydrogen) atoms. The van der Waals surface area contributed by atoms with Gasteiger partial charge in [-0.1, -0.05) is 56.1 Å². The molecule has 2 aromatic rings. The minimum atomic E-state index is -0.849. The number of rotatable bonds is 9. The lowest BCUT2D eigenvalue weighted by Gasteiger charge is -2.40. The Labute approximate surface area is 272 Å². The maximum absolute atomic E-state index is 14.1. The van der Waals surface area contributed by atoms with Crippen molar-refractivity contribution in [1.29, 1.82) is 0 Å². The minimum absolute atomic E-state index is 0. The Morgan fingerprint density at radius 1 is 1.30 bits per heavy atom. The summed E-state index contributed by atoms with van der Waals surface area (Å²) in [5, 5.41) is 17.7. The van der Waals surface area contributed by atoms with E-state index in [0.29, 0.717) is 26.1 Å². The van der Waals surface area contributed by atoms with Gasteiger partial charge < -0.3 is 24.6 Å². The van der Waals surface area contributed by atoms with Crippen LogP contribution < -0.4 is 10.7 Å². The molecule has 2 N–H and O–H groups in total. The highest BCUT2D eigenvalue weighted by Gasteiger charge is 2.50. The van der Waals surface area contributed by atoms with Gasteiger partial charge in [-0.15, -0.1) is 6.58 Å². The third kappa shape index (κ3) is 8.11. The Morgan fingerprint density at radius 2 is 2.11 bits per heavy atom. The van der Waals surface area contributed by atoms with E-state index in [0.717, 1.165) is 37.1 Å². The molecular formula is C35H50F2N4O5. The van der Waals surface area contributed by atoms with Gasteiger partial charge in [0.2, 0.25) is 5.43 Å². The van der Waals surface area contributed by atoms with Crippen molar-refractivity contribution in [3.05, 3.63) is 87.9 Å². The summed E-state index contributed by atoms with van der Waals surface area (Å²) in [6, 6.07) is 2.93. The van der Waals surface area contributed by atoms with Crippen molar-refractivity contribution in [2.45, 2.75) is 103 Å². The number of carbonyl (C=O) groups is 1. The predicted molar refractivity (Wildman–Crippen MR) is 178 cm³/mol. The van der Waals surface area contributed by atoms with Crippen LogP contribution in [0, 0.1) is 11.6 Å². The predicted octanol–water partition coefficient (Wildman–Crippen LogP) is 7.00. The Hall–Kier alpha value is -3.83. The Morgan fingerprint density at radius 3 is 2.78 bits per heavy atom. The Bertz CT molecular complexity index is 1520. The zero-order valence-corrected chi connectivity index (χ0v) is 27.1. The molecule has 4 heterocycles. The van der Waals surface area contributed by atoms with E-state index in [1.54, 1.807) is 4.57 Å². The average Bonchev–Trinajstić information content (AvgIpc) is 3.33. The van der Waals surface area contributed by atoms with E-state index in [4.69, 9.17) is 9.57 Å². The molecule has 11 heteroatoms. The molecule has 1 aromatic carbocycles. The monoisotopic (exact) mass is 644 g/mol. The Balaban J connectivity index is 0.000000642. The van der Waals surface area contributed by atoms with Crippen molar-refractivity contribution < 1.29 is 31.1 Å². The third-order valence-electron chi connectivity index (χ3n) is 8.88. The quantitative estimate of drug-likeness (QED) is 0.225. The number of allylic oxidation sites excluding steroid dienone is 3.